The third kappa shape index (κ3) is 3.31. The molecule has 1 aromatic carbocycles. The van der Waals surface area contributed by atoms with E-state index in [1.165, 1.54) is 6.92 Å². The number of halogens is 1. The molecule has 4 nitrogen and oxygen atoms in total. The molecule has 0 saturated carbocycles. The average molecular weight is 293 g/mol. The number of thiocarbonyl (C=S) groups is 1. The summed E-state index contributed by atoms with van der Waals surface area (Å²) < 4.78 is 26.2. The van der Waals surface area contributed by atoms with Crippen LogP contribution in [0.3, 0.4) is 0 Å². The van der Waals surface area contributed by atoms with Gasteiger partial charge in [0.1, 0.15) is 5.25 Å². The smallest absolute Gasteiger partial charge is 0.241 e. The first-order chi connectivity index (χ1) is 7.75. The van der Waals surface area contributed by atoms with Crippen molar-refractivity contribution < 1.29 is 8.42 Å². The van der Waals surface area contributed by atoms with E-state index in [0.717, 1.165) is 0 Å². The van der Waals surface area contributed by atoms with E-state index in [0.29, 0.717) is 16.3 Å². The maximum atomic E-state index is 11.9. The van der Waals surface area contributed by atoms with Crippen molar-refractivity contribution in [2.45, 2.75) is 19.1 Å². The van der Waals surface area contributed by atoms with Gasteiger partial charge in [0, 0.05) is 5.02 Å². The maximum absolute atomic E-state index is 11.9. The van der Waals surface area contributed by atoms with Gasteiger partial charge in [-0.15, -0.1) is 0 Å². The van der Waals surface area contributed by atoms with Crippen LogP contribution >= 0.6 is 23.8 Å². The van der Waals surface area contributed by atoms with Gasteiger partial charge in [0.25, 0.3) is 0 Å². The summed E-state index contributed by atoms with van der Waals surface area (Å²) in [5.74, 6) is 0. The predicted octanol–water partition coefficient (Wildman–Crippen LogP) is 2.06. The summed E-state index contributed by atoms with van der Waals surface area (Å²) in [6.07, 6.45) is 0. The van der Waals surface area contributed by atoms with Crippen LogP contribution in [0.4, 0.5) is 5.69 Å². The molecule has 1 aromatic rings. The minimum atomic E-state index is -3.63. The third-order valence-corrected chi connectivity index (χ3v) is 4.99. The molecular formula is C10H13ClN2O2S2. The van der Waals surface area contributed by atoms with E-state index in [4.69, 9.17) is 17.3 Å². The molecule has 0 aliphatic rings. The van der Waals surface area contributed by atoms with Crippen molar-refractivity contribution in [3.63, 3.8) is 0 Å². The van der Waals surface area contributed by atoms with Crippen LogP contribution in [-0.2, 0) is 10.0 Å². The Kier molecular flexibility index (Phi) is 4.35. The van der Waals surface area contributed by atoms with E-state index in [2.05, 4.69) is 16.9 Å². The van der Waals surface area contributed by atoms with Crippen LogP contribution in [0, 0.1) is 6.92 Å². The monoisotopic (exact) mass is 292 g/mol. The topological polar surface area (TPSA) is 72.2 Å². The highest BCUT2D eigenvalue weighted by molar-refractivity contribution is 7.95. The van der Waals surface area contributed by atoms with Gasteiger partial charge in [-0.3, -0.25) is 4.72 Å². The summed E-state index contributed by atoms with van der Waals surface area (Å²) in [6.45, 7) is 3.16. The van der Waals surface area contributed by atoms with Gasteiger partial charge < -0.3 is 5.73 Å². The van der Waals surface area contributed by atoms with E-state index in [1.54, 1.807) is 25.1 Å². The van der Waals surface area contributed by atoms with Crippen LogP contribution in [0.2, 0.25) is 5.02 Å². The Hall–Kier alpha value is -0.850. The predicted molar refractivity (Wildman–Crippen MR) is 75.0 cm³/mol. The minimum Gasteiger partial charge on any atom is -0.392 e. The van der Waals surface area contributed by atoms with Crippen molar-refractivity contribution >= 4 is 44.5 Å². The second-order valence-electron chi connectivity index (χ2n) is 3.60. The van der Waals surface area contributed by atoms with E-state index in [9.17, 15) is 8.42 Å². The Bertz CT molecular complexity index is 543. The molecule has 3 N–H and O–H groups in total. The lowest BCUT2D eigenvalue weighted by Gasteiger charge is -2.15. The quantitative estimate of drug-likeness (QED) is 0.833. The molecule has 94 valence electrons. The van der Waals surface area contributed by atoms with Gasteiger partial charge in [-0.25, -0.2) is 8.42 Å². The first-order valence-corrected chi connectivity index (χ1v) is 7.15. The highest BCUT2D eigenvalue weighted by Gasteiger charge is 2.23. The van der Waals surface area contributed by atoms with Crippen LogP contribution in [-0.4, -0.2) is 18.7 Å². The Balaban J connectivity index is 3.07. The molecule has 1 atom stereocenters. The second kappa shape index (κ2) is 5.20. The van der Waals surface area contributed by atoms with Crippen LogP contribution in [0.15, 0.2) is 18.2 Å². The van der Waals surface area contributed by atoms with E-state index < -0.39 is 15.3 Å². The fourth-order valence-electron chi connectivity index (χ4n) is 1.11. The molecule has 7 heteroatoms. The summed E-state index contributed by atoms with van der Waals surface area (Å²) in [6, 6.07) is 4.98. The molecule has 0 aliphatic carbocycles. The first kappa shape index (κ1) is 14.2. The zero-order chi connectivity index (χ0) is 13.2. The maximum Gasteiger partial charge on any atom is 0.241 e. The fourth-order valence-corrected chi connectivity index (χ4v) is 2.68. The molecule has 0 radical (unpaired) electrons. The number of hydrogen-bond donors (Lipinski definition) is 2. The number of benzene rings is 1. The van der Waals surface area contributed by atoms with E-state index >= 15 is 0 Å². The lowest BCUT2D eigenvalue weighted by Crippen LogP contribution is -2.35. The molecule has 0 amide bonds. The summed E-state index contributed by atoms with van der Waals surface area (Å²) in [4.78, 5) is -0.0721. The first-order valence-electron chi connectivity index (χ1n) is 4.81. The van der Waals surface area contributed by atoms with Gasteiger partial charge >= 0.3 is 0 Å². The number of sulfonamides is 1. The lowest BCUT2D eigenvalue weighted by atomic mass is 10.2. The summed E-state index contributed by atoms with van der Waals surface area (Å²) in [5.41, 5.74) is 6.42. The highest BCUT2D eigenvalue weighted by atomic mass is 35.5. The van der Waals surface area contributed by atoms with Gasteiger partial charge in [0.2, 0.25) is 10.0 Å². The number of hydrogen-bond acceptors (Lipinski definition) is 3. The Morgan fingerprint density at radius 1 is 1.53 bits per heavy atom. The molecular weight excluding hydrogens is 280 g/mol. The standard InChI is InChI=1S/C10H13ClN2O2S2/c1-6-8(11)4-3-5-9(6)13-17(14,15)7(2)10(12)16/h3-5,7,13H,1-2H3,(H2,12,16). The molecule has 1 rings (SSSR count). The van der Waals surface area contributed by atoms with Crippen LogP contribution in [0.1, 0.15) is 12.5 Å². The highest BCUT2D eigenvalue weighted by Crippen LogP contribution is 2.24. The molecule has 1 unspecified atom stereocenters. The number of anilines is 1. The molecule has 0 fully saturated rings. The summed E-state index contributed by atoms with van der Waals surface area (Å²) >= 11 is 10.6. The zero-order valence-electron chi connectivity index (χ0n) is 9.40. The minimum absolute atomic E-state index is 0.0721. The molecule has 0 bridgehead atoms. The van der Waals surface area contributed by atoms with Gasteiger partial charge in [0.15, 0.2) is 0 Å². The molecule has 0 aromatic heterocycles. The third-order valence-electron chi connectivity index (χ3n) is 2.39. The van der Waals surface area contributed by atoms with Crippen molar-refractivity contribution in [2.24, 2.45) is 5.73 Å². The zero-order valence-corrected chi connectivity index (χ0v) is 11.8. The normalized spacial score (nSPS) is 13.1. The van der Waals surface area contributed by atoms with Crippen molar-refractivity contribution in [2.75, 3.05) is 4.72 Å². The number of nitrogens with one attached hydrogen (secondary N) is 1. The molecule has 17 heavy (non-hydrogen) atoms. The van der Waals surface area contributed by atoms with Crippen LogP contribution < -0.4 is 10.5 Å². The fraction of sp³-hybridized carbons (Fsp3) is 0.300. The van der Waals surface area contributed by atoms with Crippen LogP contribution in [0.5, 0.6) is 0 Å². The average Bonchev–Trinajstić information content (AvgIpc) is 2.23. The summed E-state index contributed by atoms with van der Waals surface area (Å²) in [5, 5.41) is -0.441. The van der Waals surface area contributed by atoms with Gasteiger partial charge in [-0.2, -0.15) is 0 Å². The molecule has 0 aliphatic heterocycles. The van der Waals surface area contributed by atoms with Crippen molar-refractivity contribution in [3.05, 3.63) is 28.8 Å². The van der Waals surface area contributed by atoms with Crippen molar-refractivity contribution in [1.82, 2.24) is 0 Å². The molecule has 0 spiro atoms. The van der Waals surface area contributed by atoms with Gasteiger partial charge in [-0.1, -0.05) is 29.9 Å². The second-order valence-corrected chi connectivity index (χ2v) is 6.48. The van der Waals surface area contributed by atoms with Gasteiger partial charge in [0.05, 0.1) is 10.7 Å². The molecule has 0 heterocycles. The van der Waals surface area contributed by atoms with Gasteiger partial charge in [-0.05, 0) is 31.5 Å². The van der Waals surface area contributed by atoms with E-state index in [-0.39, 0.29) is 4.99 Å². The Labute approximate surface area is 111 Å². The van der Waals surface area contributed by atoms with E-state index in [1.807, 2.05) is 0 Å². The van der Waals surface area contributed by atoms with Crippen molar-refractivity contribution in [1.29, 1.82) is 0 Å². The van der Waals surface area contributed by atoms with Crippen LogP contribution in [0.25, 0.3) is 0 Å². The Morgan fingerprint density at radius 3 is 2.65 bits per heavy atom. The molecule has 0 saturated heterocycles. The largest absolute Gasteiger partial charge is 0.392 e. The Morgan fingerprint density at radius 2 is 2.12 bits per heavy atom. The number of rotatable bonds is 4. The van der Waals surface area contributed by atoms with Crippen molar-refractivity contribution in [3.8, 4) is 0 Å². The number of nitrogens with two attached hydrogens (primary N) is 1. The SMILES string of the molecule is Cc1c(Cl)cccc1NS(=O)(=O)C(C)C(N)=S. The summed E-state index contributed by atoms with van der Waals surface area (Å²) in [7, 11) is -3.63. The lowest BCUT2D eigenvalue weighted by molar-refractivity contribution is 0.598.